The van der Waals surface area contributed by atoms with Crippen LogP contribution in [-0.4, -0.2) is 33.2 Å². The van der Waals surface area contributed by atoms with Crippen molar-refractivity contribution in [3.8, 4) is 11.3 Å². The van der Waals surface area contributed by atoms with Crippen molar-refractivity contribution < 1.29 is 5.11 Å². The predicted molar refractivity (Wildman–Crippen MR) is 105 cm³/mol. The molecule has 3 aromatic rings. The molecule has 2 heterocycles. The normalized spacial score (nSPS) is 10.6. The molecule has 0 saturated heterocycles. The lowest BCUT2D eigenvalue weighted by Gasteiger charge is -2.14. The van der Waals surface area contributed by atoms with E-state index in [1.165, 1.54) is 0 Å². The number of aliphatic hydroxyl groups is 1. The summed E-state index contributed by atoms with van der Waals surface area (Å²) in [7, 11) is 0. The van der Waals surface area contributed by atoms with E-state index in [9.17, 15) is 0 Å². The average Bonchev–Trinajstić information content (AvgIpc) is 2.66. The van der Waals surface area contributed by atoms with Gasteiger partial charge in [-0.15, -0.1) is 0 Å². The summed E-state index contributed by atoms with van der Waals surface area (Å²) in [6.45, 7) is 4.88. The lowest BCUT2D eigenvalue weighted by Crippen LogP contribution is -2.09. The Hall–Kier alpha value is -2.99. The zero-order valence-corrected chi connectivity index (χ0v) is 15.0. The molecule has 3 rings (SSSR count). The summed E-state index contributed by atoms with van der Waals surface area (Å²) in [6.07, 6.45) is 4.13. The number of rotatable bonds is 7. The Morgan fingerprint density at radius 2 is 1.73 bits per heavy atom. The molecule has 3 N–H and O–H groups in total. The van der Waals surface area contributed by atoms with Crippen molar-refractivity contribution in [2.24, 2.45) is 0 Å². The number of hydrogen-bond acceptors (Lipinski definition) is 6. The molecule has 0 atom stereocenters. The van der Waals surface area contributed by atoms with Gasteiger partial charge < -0.3 is 15.7 Å². The van der Waals surface area contributed by atoms with E-state index in [2.05, 4.69) is 51.6 Å². The van der Waals surface area contributed by atoms with Crippen LogP contribution in [0.15, 0.2) is 48.8 Å². The zero-order chi connectivity index (χ0) is 18.4. The summed E-state index contributed by atoms with van der Waals surface area (Å²) in [5, 5.41) is 15.6. The number of nitrogens with one attached hydrogen (secondary N) is 2. The maximum atomic E-state index is 8.99. The SMILES string of the molecule is Cc1cccc(C)c1Nc1cc(-c2ccncc2)nc(NCCCO)n1. The Morgan fingerprint density at radius 1 is 1.00 bits per heavy atom. The lowest BCUT2D eigenvalue weighted by atomic mass is 10.1. The smallest absolute Gasteiger partial charge is 0.225 e. The van der Waals surface area contributed by atoms with E-state index in [0.717, 1.165) is 33.9 Å². The van der Waals surface area contributed by atoms with Gasteiger partial charge in [-0.25, -0.2) is 4.98 Å². The van der Waals surface area contributed by atoms with Crippen molar-refractivity contribution in [3.05, 3.63) is 59.9 Å². The second-order valence-corrected chi connectivity index (χ2v) is 6.09. The van der Waals surface area contributed by atoms with E-state index in [1.54, 1.807) is 12.4 Å². The first kappa shape index (κ1) is 17.8. The van der Waals surface area contributed by atoms with Gasteiger partial charge in [0.15, 0.2) is 0 Å². The first-order chi connectivity index (χ1) is 12.7. The monoisotopic (exact) mass is 349 g/mol. The minimum Gasteiger partial charge on any atom is -0.396 e. The van der Waals surface area contributed by atoms with Crippen LogP contribution in [0.1, 0.15) is 17.5 Å². The second kappa shape index (κ2) is 8.40. The number of aryl methyl sites for hydroxylation is 2. The number of aromatic nitrogens is 3. The molecule has 0 aliphatic rings. The van der Waals surface area contributed by atoms with Gasteiger partial charge in [0.05, 0.1) is 5.69 Å². The van der Waals surface area contributed by atoms with Crippen molar-refractivity contribution >= 4 is 17.5 Å². The number of nitrogens with zero attached hydrogens (tertiary/aromatic N) is 3. The molecule has 0 aliphatic carbocycles. The summed E-state index contributed by atoms with van der Waals surface area (Å²) < 4.78 is 0. The van der Waals surface area contributed by atoms with E-state index >= 15 is 0 Å². The van der Waals surface area contributed by atoms with Crippen LogP contribution in [0.2, 0.25) is 0 Å². The van der Waals surface area contributed by atoms with Gasteiger partial charge in [0, 0.05) is 42.9 Å². The van der Waals surface area contributed by atoms with Crippen molar-refractivity contribution in [1.82, 2.24) is 15.0 Å². The summed E-state index contributed by atoms with van der Waals surface area (Å²) in [5.41, 5.74) is 5.14. The third kappa shape index (κ3) is 4.34. The first-order valence-corrected chi connectivity index (χ1v) is 8.65. The fraction of sp³-hybridized carbons (Fsp3) is 0.250. The molecule has 0 radical (unpaired) electrons. The fourth-order valence-electron chi connectivity index (χ4n) is 2.68. The molecule has 134 valence electrons. The van der Waals surface area contributed by atoms with Crippen LogP contribution in [0, 0.1) is 13.8 Å². The lowest BCUT2D eigenvalue weighted by molar-refractivity contribution is 0.292. The standard InChI is InChI=1S/C20H23N5O/c1-14-5-3-6-15(2)19(14)24-18-13-17(16-7-10-21-11-8-16)23-20(25-18)22-9-4-12-26/h3,5-8,10-11,13,26H,4,9,12H2,1-2H3,(H2,22,23,24,25). The van der Waals surface area contributed by atoms with Gasteiger partial charge in [0.2, 0.25) is 5.95 Å². The van der Waals surface area contributed by atoms with Crippen LogP contribution >= 0.6 is 0 Å². The van der Waals surface area contributed by atoms with Gasteiger partial charge in [-0.2, -0.15) is 4.98 Å². The van der Waals surface area contributed by atoms with E-state index in [4.69, 9.17) is 5.11 Å². The van der Waals surface area contributed by atoms with Crippen molar-refractivity contribution in [2.75, 3.05) is 23.8 Å². The third-order valence-corrected chi connectivity index (χ3v) is 4.05. The summed E-state index contributed by atoms with van der Waals surface area (Å²) >= 11 is 0. The Morgan fingerprint density at radius 3 is 2.42 bits per heavy atom. The zero-order valence-electron chi connectivity index (χ0n) is 15.0. The second-order valence-electron chi connectivity index (χ2n) is 6.09. The van der Waals surface area contributed by atoms with Gasteiger partial charge >= 0.3 is 0 Å². The maximum absolute atomic E-state index is 8.99. The van der Waals surface area contributed by atoms with Crippen LogP contribution in [0.3, 0.4) is 0 Å². The number of hydrogen-bond donors (Lipinski definition) is 3. The third-order valence-electron chi connectivity index (χ3n) is 4.05. The van der Waals surface area contributed by atoms with Crippen LogP contribution in [0.4, 0.5) is 17.5 Å². The van der Waals surface area contributed by atoms with Gasteiger partial charge in [-0.3, -0.25) is 4.98 Å². The molecule has 0 unspecified atom stereocenters. The molecule has 0 fully saturated rings. The highest BCUT2D eigenvalue weighted by molar-refractivity contribution is 5.69. The predicted octanol–water partition coefficient (Wildman–Crippen LogP) is 3.69. The minimum absolute atomic E-state index is 0.130. The highest BCUT2D eigenvalue weighted by atomic mass is 16.3. The largest absolute Gasteiger partial charge is 0.396 e. The summed E-state index contributed by atoms with van der Waals surface area (Å²) in [6, 6.07) is 11.9. The van der Waals surface area contributed by atoms with Crippen molar-refractivity contribution in [2.45, 2.75) is 20.3 Å². The molecule has 0 bridgehead atoms. The van der Waals surface area contributed by atoms with E-state index in [0.29, 0.717) is 18.9 Å². The minimum atomic E-state index is 0.130. The molecule has 1 aromatic carbocycles. The van der Waals surface area contributed by atoms with Crippen LogP contribution in [0.5, 0.6) is 0 Å². The molecule has 26 heavy (non-hydrogen) atoms. The van der Waals surface area contributed by atoms with Crippen LogP contribution < -0.4 is 10.6 Å². The molecule has 2 aromatic heterocycles. The van der Waals surface area contributed by atoms with E-state index in [1.807, 2.05) is 24.3 Å². The van der Waals surface area contributed by atoms with Crippen molar-refractivity contribution in [1.29, 1.82) is 0 Å². The Balaban J connectivity index is 1.96. The van der Waals surface area contributed by atoms with E-state index < -0.39 is 0 Å². The number of anilines is 3. The van der Waals surface area contributed by atoms with E-state index in [-0.39, 0.29) is 6.61 Å². The molecule has 0 aliphatic heterocycles. The Bertz CT molecular complexity index is 847. The summed E-state index contributed by atoms with van der Waals surface area (Å²) in [5.74, 6) is 1.25. The molecular weight excluding hydrogens is 326 g/mol. The van der Waals surface area contributed by atoms with Gasteiger partial charge in [-0.1, -0.05) is 18.2 Å². The average molecular weight is 349 g/mol. The van der Waals surface area contributed by atoms with Gasteiger partial charge in [-0.05, 0) is 43.5 Å². The van der Waals surface area contributed by atoms with Crippen molar-refractivity contribution in [3.63, 3.8) is 0 Å². The summed E-state index contributed by atoms with van der Waals surface area (Å²) in [4.78, 5) is 13.2. The molecule has 6 nitrogen and oxygen atoms in total. The molecule has 6 heteroatoms. The quantitative estimate of drug-likeness (QED) is 0.564. The number of benzene rings is 1. The number of aliphatic hydroxyl groups excluding tert-OH is 1. The highest BCUT2D eigenvalue weighted by Gasteiger charge is 2.09. The van der Waals surface area contributed by atoms with Gasteiger partial charge in [0.25, 0.3) is 0 Å². The topological polar surface area (TPSA) is 83.0 Å². The molecule has 0 spiro atoms. The first-order valence-electron chi connectivity index (χ1n) is 8.65. The molecular formula is C20H23N5O. The Kier molecular flexibility index (Phi) is 5.76. The molecule has 0 amide bonds. The van der Waals surface area contributed by atoms with Crippen LogP contribution in [-0.2, 0) is 0 Å². The fourth-order valence-corrected chi connectivity index (χ4v) is 2.68. The maximum Gasteiger partial charge on any atom is 0.225 e. The number of pyridine rings is 1. The van der Waals surface area contributed by atoms with Gasteiger partial charge in [0.1, 0.15) is 5.82 Å². The number of para-hydroxylation sites is 1. The Labute approximate surface area is 153 Å². The highest BCUT2D eigenvalue weighted by Crippen LogP contribution is 2.26. The van der Waals surface area contributed by atoms with Crippen LogP contribution in [0.25, 0.3) is 11.3 Å². The molecule has 0 saturated carbocycles.